The number of ether oxygens (including phenoxy) is 1. The van der Waals surface area contributed by atoms with Crippen LogP contribution in [-0.4, -0.2) is 32.5 Å². The molecular formula is C14H14N2OS3. The van der Waals surface area contributed by atoms with Gasteiger partial charge in [-0.05, 0) is 32.0 Å². The Morgan fingerprint density at radius 2 is 2.10 bits per heavy atom. The zero-order valence-corrected chi connectivity index (χ0v) is 13.9. The second-order valence-electron chi connectivity index (χ2n) is 5.46. The molecule has 0 bridgehead atoms. The summed E-state index contributed by atoms with van der Waals surface area (Å²) in [6.45, 7) is 4.56. The highest BCUT2D eigenvalue weighted by Crippen LogP contribution is 2.63. The average molecular weight is 322 g/mol. The molecule has 1 unspecified atom stereocenters. The van der Waals surface area contributed by atoms with Gasteiger partial charge < -0.3 is 4.74 Å². The SMILES string of the molecule is COc1ccc2nc(C3=NC4(CS4)C(C)(C)S3)sc2c1. The molecule has 4 rings (SSSR count). The van der Waals surface area contributed by atoms with Crippen molar-refractivity contribution in [3.63, 3.8) is 0 Å². The first-order chi connectivity index (χ1) is 9.53. The zero-order valence-electron chi connectivity index (χ0n) is 11.5. The molecule has 3 heterocycles. The second-order valence-corrected chi connectivity index (χ2v) is 9.35. The molecule has 6 heteroatoms. The fourth-order valence-corrected chi connectivity index (χ4v) is 6.08. The summed E-state index contributed by atoms with van der Waals surface area (Å²) >= 11 is 5.51. The third-order valence-electron chi connectivity index (χ3n) is 3.77. The van der Waals surface area contributed by atoms with Crippen LogP contribution in [0.1, 0.15) is 18.9 Å². The molecule has 0 N–H and O–H groups in total. The lowest BCUT2D eigenvalue weighted by Crippen LogP contribution is -2.29. The van der Waals surface area contributed by atoms with Crippen molar-refractivity contribution < 1.29 is 4.74 Å². The van der Waals surface area contributed by atoms with Gasteiger partial charge in [0.2, 0.25) is 0 Å². The summed E-state index contributed by atoms with van der Waals surface area (Å²) in [4.78, 5) is 9.78. The Morgan fingerprint density at radius 3 is 2.75 bits per heavy atom. The van der Waals surface area contributed by atoms with Crippen molar-refractivity contribution in [3.8, 4) is 5.75 Å². The van der Waals surface area contributed by atoms with Gasteiger partial charge in [0.05, 0.1) is 22.1 Å². The Kier molecular flexibility index (Phi) is 2.69. The minimum Gasteiger partial charge on any atom is -0.497 e. The smallest absolute Gasteiger partial charge is 0.149 e. The van der Waals surface area contributed by atoms with Crippen LogP contribution in [0, 0.1) is 0 Å². The van der Waals surface area contributed by atoms with Crippen LogP contribution in [0.2, 0.25) is 0 Å². The number of hydrogen-bond acceptors (Lipinski definition) is 6. The molecule has 2 aliphatic rings. The average Bonchev–Trinajstić information content (AvgIpc) is 3.00. The van der Waals surface area contributed by atoms with E-state index in [1.165, 1.54) is 0 Å². The van der Waals surface area contributed by atoms with Crippen molar-refractivity contribution in [2.75, 3.05) is 12.9 Å². The minimum atomic E-state index is 0.0997. The number of benzene rings is 1. The molecule has 1 aromatic carbocycles. The number of nitrogens with zero attached hydrogens (tertiary/aromatic N) is 2. The van der Waals surface area contributed by atoms with E-state index in [-0.39, 0.29) is 9.62 Å². The first-order valence-corrected chi connectivity index (χ1v) is 9.03. The number of hydrogen-bond donors (Lipinski definition) is 0. The number of fused-ring (bicyclic) bond motifs is 1. The third kappa shape index (κ3) is 1.81. The van der Waals surface area contributed by atoms with Crippen LogP contribution in [0.5, 0.6) is 5.75 Å². The lowest BCUT2D eigenvalue weighted by molar-refractivity contribution is 0.415. The van der Waals surface area contributed by atoms with Crippen molar-refractivity contribution in [2.24, 2.45) is 4.99 Å². The minimum absolute atomic E-state index is 0.0997. The Bertz CT molecular complexity index is 731. The maximum atomic E-state index is 5.27. The molecule has 1 atom stereocenters. The molecule has 20 heavy (non-hydrogen) atoms. The molecule has 1 saturated heterocycles. The van der Waals surface area contributed by atoms with Gasteiger partial charge in [-0.2, -0.15) is 0 Å². The number of rotatable bonds is 2. The van der Waals surface area contributed by atoms with E-state index in [4.69, 9.17) is 14.7 Å². The number of thiazole rings is 1. The standard InChI is InChI=1S/C14H14N2OS3/c1-13(2)14(7-18-14)16-12(20-13)11-15-9-5-4-8(17-3)6-10(9)19-11/h4-6H,7H2,1-3H3. The van der Waals surface area contributed by atoms with E-state index < -0.39 is 0 Å². The number of thioether (sulfide) groups is 2. The molecular weight excluding hydrogens is 308 g/mol. The maximum absolute atomic E-state index is 5.27. The fourth-order valence-electron chi connectivity index (χ4n) is 2.34. The van der Waals surface area contributed by atoms with Crippen LogP contribution in [0.15, 0.2) is 23.2 Å². The van der Waals surface area contributed by atoms with Crippen molar-refractivity contribution >= 4 is 50.1 Å². The van der Waals surface area contributed by atoms with Crippen molar-refractivity contribution in [1.29, 1.82) is 0 Å². The van der Waals surface area contributed by atoms with Crippen LogP contribution < -0.4 is 4.74 Å². The van der Waals surface area contributed by atoms with Crippen LogP contribution in [0.4, 0.5) is 0 Å². The van der Waals surface area contributed by atoms with E-state index in [0.717, 1.165) is 31.8 Å². The molecule has 2 aliphatic heterocycles. The summed E-state index contributed by atoms with van der Waals surface area (Å²) in [7, 11) is 1.69. The molecule has 104 valence electrons. The second kappa shape index (κ2) is 4.15. The van der Waals surface area contributed by atoms with Crippen molar-refractivity contribution in [3.05, 3.63) is 23.2 Å². The molecule has 1 spiro atoms. The monoisotopic (exact) mass is 322 g/mol. The molecule has 0 radical (unpaired) electrons. The molecule has 0 aliphatic carbocycles. The summed E-state index contributed by atoms with van der Waals surface area (Å²) in [6, 6.07) is 6.02. The first-order valence-electron chi connectivity index (χ1n) is 6.41. The van der Waals surface area contributed by atoms with Gasteiger partial charge in [0, 0.05) is 5.75 Å². The predicted molar refractivity (Wildman–Crippen MR) is 89.6 cm³/mol. The Hall–Kier alpha value is -0.720. The Labute approximate surface area is 130 Å². The van der Waals surface area contributed by atoms with E-state index in [0.29, 0.717) is 0 Å². The van der Waals surface area contributed by atoms with Gasteiger partial charge in [-0.25, -0.2) is 4.98 Å². The number of aliphatic imine (C=N–C) groups is 1. The highest BCUT2D eigenvalue weighted by molar-refractivity contribution is 8.18. The van der Waals surface area contributed by atoms with E-state index in [9.17, 15) is 0 Å². The van der Waals surface area contributed by atoms with Gasteiger partial charge in [0.1, 0.15) is 20.7 Å². The summed E-state index contributed by atoms with van der Waals surface area (Å²) in [5.41, 5.74) is 1.02. The van der Waals surface area contributed by atoms with Crippen LogP contribution in [0.25, 0.3) is 10.2 Å². The fraction of sp³-hybridized carbons (Fsp3) is 0.429. The normalized spacial score (nSPS) is 27.1. The summed E-state index contributed by atoms with van der Waals surface area (Å²) in [5.74, 6) is 2.01. The van der Waals surface area contributed by atoms with Gasteiger partial charge in [-0.15, -0.1) is 23.1 Å². The van der Waals surface area contributed by atoms with Gasteiger partial charge in [-0.3, -0.25) is 4.99 Å². The quantitative estimate of drug-likeness (QED) is 0.782. The highest BCUT2D eigenvalue weighted by Gasteiger charge is 2.61. The van der Waals surface area contributed by atoms with E-state index in [1.54, 1.807) is 18.4 Å². The Balaban J connectivity index is 1.77. The third-order valence-corrected chi connectivity index (χ3v) is 7.82. The molecule has 2 aromatic rings. The van der Waals surface area contributed by atoms with Crippen LogP contribution >= 0.6 is 34.9 Å². The predicted octanol–water partition coefficient (Wildman–Crippen LogP) is 4.02. The van der Waals surface area contributed by atoms with Crippen LogP contribution in [-0.2, 0) is 0 Å². The molecule has 3 nitrogen and oxygen atoms in total. The van der Waals surface area contributed by atoms with Crippen molar-refractivity contribution in [1.82, 2.24) is 4.98 Å². The first kappa shape index (κ1) is 13.0. The lowest BCUT2D eigenvalue weighted by atomic mass is 10.1. The molecule has 1 fully saturated rings. The zero-order chi connectivity index (χ0) is 14.0. The van der Waals surface area contributed by atoms with Gasteiger partial charge in [0.15, 0.2) is 0 Å². The molecule has 0 saturated carbocycles. The van der Waals surface area contributed by atoms with E-state index in [2.05, 4.69) is 13.8 Å². The van der Waals surface area contributed by atoms with E-state index >= 15 is 0 Å². The van der Waals surface area contributed by atoms with E-state index in [1.807, 2.05) is 41.7 Å². The number of aromatic nitrogens is 1. The molecule has 1 aromatic heterocycles. The van der Waals surface area contributed by atoms with Crippen molar-refractivity contribution in [2.45, 2.75) is 23.5 Å². The highest BCUT2D eigenvalue weighted by atomic mass is 32.2. The van der Waals surface area contributed by atoms with Crippen LogP contribution in [0.3, 0.4) is 0 Å². The maximum Gasteiger partial charge on any atom is 0.149 e. The largest absolute Gasteiger partial charge is 0.497 e. The van der Waals surface area contributed by atoms with Gasteiger partial charge >= 0.3 is 0 Å². The summed E-state index contributed by atoms with van der Waals surface area (Å²) in [6.07, 6.45) is 0. The Morgan fingerprint density at radius 1 is 1.30 bits per heavy atom. The molecule has 0 amide bonds. The topological polar surface area (TPSA) is 34.5 Å². The number of methoxy groups -OCH3 is 1. The summed E-state index contributed by atoms with van der Waals surface area (Å²) < 4.78 is 6.60. The van der Waals surface area contributed by atoms with Gasteiger partial charge in [-0.1, -0.05) is 11.8 Å². The lowest BCUT2D eigenvalue weighted by Gasteiger charge is -2.21. The van der Waals surface area contributed by atoms with Gasteiger partial charge in [0.25, 0.3) is 0 Å². The summed E-state index contributed by atoms with van der Waals surface area (Å²) in [5, 5.41) is 2.14.